The molecular weight excluding hydrogens is 436 g/mol. The lowest BCUT2D eigenvalue weighted by Crippen LogP contribution is -2.56. The predicted octanol–water partition coefficient (Wildman–Crippen LogP) is 5.22. The molecular formula is C20H22F4N4O2S. The van der Waals surface area contributed by atoms with Gasteiger partial charge in [0, 0.05) is 42.5 Å². The van der Waals surface area contributed by atoms with E-state index >= 15 is 0 Å². The molecule has 0 amide bonds. The molecule has 3 rings (SSSR count). The molecule has 2 aromatic rings. The van der Waals surface area contributed by atoms with Gasteiger partial charge in [-0.2, -0.15) is 13.2 Å². The highest BCUT2D eigenvalue weighted by molar-refractivity contribution is 7.98. The van der Waals surface area contributed by atoms with Gasteiger partial charge in [-0.3, -0.25) is 10.1 Å². The van der Waals surface area contributed by atoms with Crippen molar-refractivity contribution in [3.8, 4) is 0 Å². The van der Waals surface area contributed by atoms with Crippen molar-refractivity contribution in [2.75, 3.05) is 35.7 Å². The van der Waals surface area contributed by atoms with Crippen LogP contribution in [0.3, 0.4) is 0 Å². The number of alkyl halides is 3. The van der Waals surface area contributed by atoms with Crippen LogP contribution in [0.2, 0.25) is 0 Å². The molecule has 1 atom stereocenters. The lowest BCUT2D eigenvalue weighted by molar-refractivity contribution is -0.384. The van der Waals surface area contributed by atoms with Gasteiger partial charge in [-0.15, -0.1) is 11.8 Å². The fourth-order valence-electron chi connectivity index (χ4n) is 3.68. The Kier molecular flexibility index (Phi) is 6.63. The predicted molar refractivity (Wildman–Crippen MR) is 112 cm³/mol. The van der Waals surface area contributed by atoms with Crippen molar-refractivity contribution < 1.29 is 22.5 Å². The average molecular weight is 458 g/mol. The molecule has 11 heteroatoms. The van der Waals surface area contributed by atoms with Gasteiger partial charge in [-0.25, -0.2) is 9.37 Å². The van der Waals surface area contributed by atoms with Crippen molar-refractivity contribution in [2.24, 2.45) is 5.92 Å². The molecule has 0 N–H and O–H groups in total. The number of hydrogen-bond acceptors (Lipinski definition) is 6. The van der Waals surface area contributed by atoms with Gasteiger partial charge in [0.05, 0.1) is 16.5 Å². The standard InChI is InChI=1S/C20H22F4N4O2S/c1-12(2)17-11-26(14-4-5-15(21)18(9-14)31-3)6-7-27(17)19-16(28(29)30)8-13(10-25-19)20(22,23)24/h4-5,8-10,12,17H,6-7,11H2,1-3H3. The molecule has 0 aliphatic carbocycles. The zero-order valence-electron chi connectivity index (χ0n) is 17.2. The van der Waals surface area contributed by atoms with E-state index in [4.69, 9.17) is 0 Å². The summed E-state index contributed by atoms with van der Waals surface area (Å²) in [4.78, 5) is 18.8. The summed E-state index contributed by atoms with van der Waals surface area (Å²) >= 11 is 1.30. The second-order valence-corrected chi connectivity index (χ2v) is 8.44. The number of hydrogen-bond donors (Lipinski definition) is 0. The van der Waals surface area contributed by atoms with E-state index in [1.54, 1.807) is 23.3 Å². The molecule has 1 aliphatic rings. The molecule has 0 bridgehead atoms. The topological polar surface area (TPSA) is 62.5 Å². The second-order valence-electron chi connectivity index (χ2n) is 7.59. The Morgan fingerprint density at radius 3 is 2.55 bits per heavy atom. The fourth-order valence-corrected chi connectivity index (χ4v) is 4.18. The van der Waals surface area contributed by atoms with Gasteiger partial charge in [0.1, 0.15) is 5.82 Å². The average Bonchev–Trinajstić information content (AvgIpc) is 2.72. The SMILES string of the molecule is CSc1cc(N2CCN(c3ncc(C(F)(F)F)cc3[N+](=O)[O-])C(C(C)C)C2)ccc1F. The lowest BCUT2D eigenvalue weighted by Gasteiger charge is -2.44. The first-order valence-electron chi connectivity index (χ1n) is 9.59. The number of piperazine rings is 1. The number of anilines is 2. The molecule has 1 unspecified atom stereocenters. The molecule has 0 spiro atoms. The molecule has 1 saturated heterocycles. The van der Waals surface area contributed by atoms with Gasteiger partial charge in [-0.05, 0) is 30.4 Å². The summed E-state index contributed by atoms with van der Waals surface area (Å²) in [5, 5.41) is 11.5. The number of aromatic nitrogens is 1. The zero-order chi connectivity index (χ0) is 22.9. The molecule has 0 radical (unpaired) electrons. The van der Waals surface area contributed by atoms with E-state index < -0.39 is 22.4 Å². The number of nitro groups is 1. The third-order valence-electron chi connectivity index (χ3n) is 5.33. The summed E-state index contributed by atoms with van der Waals surface area (Å²) < 4.78 is 52.9. The highest BCUT2D eigenvalue weighted by Gasteiger charge is 2.38. The zero-order valence-corrected chi connectivity index (χ0v) is 18.0. The highest BCUT2D eigenvalue weighted by Crippen LogP contribution is 2.37. The quantitative estimate of drug-likeness (QED) is 0.265. The van der Waals surface area contributed by atoms with Crippen molar-refractivity contribution >= 4 is 29.0 Å². The van der Waals surface area contributed by atoms with Crippen LogP contribution in [0.25, 0.3) is 0 Å². The lowest BCUT2D eigenvalue weighted by atomic mass is 9.98. The number of rotatable bonds is 5. The van der Waals surface area contributed by atoms with Gasteiger partial charge in [0.2, 0.25) is 5.82 Å². The highest BCUT2D eigenvalue weighted by atomic mass is 32.2. The van der Waals surface area contributed by atoms with Crippen molar-refractivity contribution in [3.05, 3.63) is 52.0 Å². The van der Waals surface area contributed by atoms with E-state index in [0.717, 1.165) is 5.69 Å². The van der Waals surface area contributed by atoms with Gasteiger partial charge >= 0.3 is 11.9 Å². The molecule has 0 saturated carbocycles. The number of thioether (sulfide) groups is 1. The molecule has 6 nitrogen and oxygen atoms in total. The number of pyridine rings is 1. The Morgan fingerprint density at radius 2 is 1.97 bits per heavy atom. The van der Waals surface area contributed by atoms with E-state index in [2.05, 4.69) is 9.88 Å². The molecule has 1 fully saturated rings. The normalized spacial score (nSPS) is 17.4. The summed E-state index contributed by atoms with van der Waals surface area (Å²) in [6.07, 6.45) is -2.30. The summed E-state index contributed by atoms with van der Waals surface area (Å²) in [6, 6.07) is 5.14. The van der Waals surface area contributed by atoms with E-state index in [0.29, 0.717) is 36.8 Å². The van der Waals surface area contributed by atoms with Crippen LogP contribution in [0.1, 0.15) is 19.4 Å². The smallest absolute Gasteiger partial charge is 0.368 e. The van der Waals surface area contributed by atoms with E-state index in [-0.39, 0.29) is 23.6 Å². The van der Waals surface area contributed by atoms with E-state index in [1.807, 2.05) is 13.8 Å². The largest absolute Gasteiger partial charge is 0.418 e. The maximum Gasteiger partial charge on any atom is 0.418 e. The summed E-state index contributed by atoms with van der Waals surface area (Å²) in [6.45, 7) is 5.14. The Labute approximate surface area is 181 Å². The first kappa shape index (κ1) is 23.1. The number of halogens is 4. The Morgan fingerprint density at radius 1 is 1.26 bits per heavy atom. The van der Waals surface area contributed by atoms with Crippen molar-refractivity contribution in [1.82, 2.24) is 4.98 Å². The van der Waals surface area contributed by atoms with Crippen LogP contribution in [0.4, 0.5) is 34.8 Å². The maximum absolute atomic E-state index is 13.9. The van der Waals surface area contributed by atoms with Gasteiger partial charge in [-0.1, -0.05) is 13.8 Å². The summed E-state index contributed by atoms with van der Waals surface area (Å²) in [7, 11) is 0. The van der Waals surface area contributed by atoms with E-state index in [1.165, 1.54) is 17.8 Å². The summed E-state index contributed by atoms with van der Waals surface area (Å²) in [5.41, 5.74) is -0.995. The van der Waals surface area contributed by atoms with Crippen molar-refractivity contribution in [3.63, 3.8) is 0 Å². The number of nitrogens with zero attached hydrogens (tertiary/aromatic N) is 4. The molecule has 1 aromatic heterocycles. The van der Waals surface area contributed by atoms with Crippen LogP contribution < -0.4 is 9.80 Å². The van der Waals surface area contributed by atoms with Crippen LogP contribution in [-0.2, 0) is 6.18 Å². The monoisotopic (exact) mass is 458 g/mol. The fraction of sp³-hybridized carbons (Fsp3) is 0.450. The third-order valence-corrected chi connectivity index (χ3v) is 6.08. The van der Waals surface area contributed by atoms with Gasteiger partial charge < -0.3 is 9.80 Å². The first-order chi connectivity index (χ1) is 14.5. The van der Waals surface area contributed by atoms with Crippen LogP contribution in [0, 0.1) is 21.8 Å². The first-order valence-corrected chi connectivity index (χ1v) is 10.8. The van der Waals surface area contributed by atoms with E-state index in [9.17, 15) is 27.7 Å². The van der Waals surface area contributed by atoms with Crippen LogP contribution in [-0.4, -0.2) is 41.8 Å². The maximum atomic E-state index is 13.9. The molecule has 31 heavy (non-hydrogen) atoms. The van der Waals surface area contributed by atoms with Gasteiger partial charge in [0.25, 0.3) is 0 Å². The Balaban J connectivity index is 1.94. The minimum atomic E-state index is -4.72. The minimum Gasteiger partial charge on any atom is -0.368 e. The molecule has 2 heterocycles. The molecule has 168 valence electrons. The molecule has 1 aromatic carbocycles. The van der Waals surface area contributed by atoms with Gasteiger partial charge in [0.15, 0.2) is 0 Å². The van der Waals surface area contributed by atoms with Crippen LogP contribution >= 0.6 is 11.8 Å². The Hall–Kier alpha value is -2.56. The summed E-state index contributed by atoms with van der Waals surface area (Å²) in [5.74, 6) is -0.341. The minimum absolute atomic E-state index is 0.0342. The van der Waals surface area contributed by atoms with Crippen molar-refractivity contribution in [2.45, 2.75) is 31.0 Å². The Bertz CT molecular complexity index is 971. The van der Waals surface area contributed by atoms with Crippen LogP contribution in [0.15, 0.2) is 35.4 Å². The van der Waals surface area contributed by atoms with Crippen LogP contribution in [0.5, 0.6) is 0 Å². The van der Waals surface area contributed by atoms with Crippen molar-refractivity contribution in [1.29, 1.82) is 0 Å². The second kappa shape index (κ2) is 8.89. The third kappa shape index (κ3) is 4.86. The number of benzene rings is 1. The molecule has 1 aliphatic heterocycles.